The molecule has 154 valence electrons. The molecule has 1 atom stereocenters. The second kappa shape index (κ2) is 10.0. The molecule has 0 bridgehead atoms. The van der Waals surface area contributed by atoms with Crippen molar-refractivity contribution in [3.8, 4) is 0 Å². The van der Waals surface area contributed by atoms with Gasteiger partial charge in [0.25, 0.3) is 0 Å². The number of nitrogens with zero attached hydrogens (tertiary/aromatic N) is 2. The van der Waals surface area contributed by atoms with Crippen LogP contribution in [0.1, 0.15) is 23.1 Å². The second-order valence-electron chi connectivity index (χ2n) is 7.61. The van der Waals surface area contributed by atoms with E-state index in [1.165, 1.54) is 22.1 Å². The second-order valence-corrected chi connectivity index (χ2v) is 7.61. The third kappa shape index (κ3) is 6.31. The Morgan fingerprint density at radius 1 is 1.17 bits per heavy atom. The molecule has 0 saturated heterocycles. The Balaban J connectivity index is 1.61. The van der Waals surface area contributed by atoms with Crippen LogP contribution in [0.15, 0.2) is 53.5 Å². The number of aryl methyl sites for hydroxylation is 1. The largest absolute Gasteiger partial charge is 0.356 e. The number of fused-ring (bicyclic) bond motifs is 1. The van der Waals surface area contributed by atoms with Crippen molar-refractivity contribution in [2.45, 2.75) is 31.7 Å². The molecule has 0 fully saturated rings. The highest BCUT2D eigenvalue weighted by Gasteiger charge is 2.19. The first kappa shape index (κ1) is 20.8. The van der Waals surface area contributed by atoms with E-state index in [1.54, 1.807) is 26.2 Å². The van der Waals surface area contributed by atoms with Crippen molar-refractivity contribution in [3.05, 3.63) is 71.0 Å². The molecule has 0 spiro atoms. The summed E-state index contributed by atoms with van der Waals surface area (Å²) in [7, 11) is 3.45. The molecule has 0 heterocycles. The topological polar surface area (TPSA) is 56.7 Å². The van der Waals surface area contributed by atoms with Gasteiger partial charge in [0.05, 0.1) is 0 Å². The zero-order valence-corrected chi connectivity index (χ0v) is 17.1. The van der Waals surface area contributed by atoms with Crippen LogP contribution in [0.3, 0.4) is 0 Å². The van der Waals surface area contributed by atoms with Gasteiger partial charge in [-0.05, 0) is 54.5 Å². The first-order chi connectivity index (χ1) is 14.0. The summed E-state index contributed by atoms with van der Waals surface area (Å²) in [5, 5.41) is 6.78. The van der Waals surface area contributed by atoms with Crippen LogP contribution in [0.2, 0.25) is 0 Å². The van der Waals surface area contributed by atoms with Gasteiger partial charge in [-0.25, -0.2) is 9.38 Å². The highest BCUT2D eigenvalue weighted by atomic mass is 19.1. The maximum absolute atomic E-state index is 13.4. The van der Waals surface area contributed by atoms with Crippen molar-refractivity contribution in [3.63, 3.8) is 0 Å². The number of rotatable bonds is 6. The fraction of sp³-hybridized carbons (Fsp3) is 0.391. The van der Waals surface area contributed by atoms with Gasteiger partial charge in [0.15, 0.2) is 5.96 Å². The lowest BCUT2D eigenvalue weighted by Crippen LogP contribution is -2.46. The van der Waals surface area contributed by atoms with Crippen molar-refractivity contribution in [2.24, 2.45) is 4.99 Å². The van der Waals surface area contributed by atoms with Crippen LogP contribution in [0, 0.1) is 5.82 Å². The molecule has 2 N–H and O–H groups in total. The lowest BCUT2D eigenvalue weighted by molar-refractivity contribution is -0.127. The highest BCUT2D eigenvalue weighted by molar-refractivity contribution is 5.85. The number of halogens is 1. The summed E-state index contributed by atoms with van der Waals surface area (Å²) in [5.41, 5.74) is 3.69. The summed E-state index contributed by atoms with van der Waals surface area (Å²) >= 11 is 0. The van der Waals surface area contributed by atoms with Crippen LogP contribution < -0.4 is 10.6 Å². The Morgan fingerprint density at radius 2 is 1.97 bits per heavy atom. The van der Waals surface area contributed by atoms with Crippen LogP contribution in [-0.2, 0) is 24.1 Å². The van der Waals surface area contributed by atoms with E-state index in [0.717, 1.165) is 24.8 Å². The molecular weight excluding hydrogens is 367 g/mol. The maximum Gasteiger partial charge on any atom is 0.243 e. The third-order valence-electron chi connectivity index (χ3n) is 5.15. The maximum atomic E-state index is 13.4. The van der Waals surface area contributed by atoms with E-state index in [0.29, 0.717) is 18.9 Å². The number of aliphatic imine (C=N–C) groups is 1. The standard InChI is InChI=1S/C23H29FN4O/c1-28(2)22(29)16-26-23(25-13-12-17-6-5-9-20(24)14-17)27-21-11-10-18-7-3-4-8-19(18)15-21/h3-9,14,21H,10-13,15-16H2,1-2H3,(H2,25,26,27). The number of carbonyl (C=O) groups excluding carboxylic acids is 1. The molecule has 3 rings (SSSR count). The zero-order chi connectivity index (χ0) is 20.6. The first-order valence-electron chi connectivity index (χ1n) is 10.1. The molecule has 0 radical (unpaired) electrons. The normalized spacial score (nSPS) is 16.1. The predicted molar refractivity (Wildman–Crippen MR) is 114 cm³/mol. The Kier molecular flexibility index (Phi) is 7.22. The van der Waals surface area contributed by atoms with Crippen molar-refractivity contribution < 1.29 is 9.18 Å². The van der Waals surface area contributed by atoms with Crippen LogP contribution in [-0.4, -0.2) is 50.0 Å². The van der Waals surface area contributed by atoms with Crippen LogP contribution >= 0.6 is 0 Å². The Labute approximate surface area is 172 Å². The summed E-state index contributed by atoms with van der Waals surface area (Å²) < 4.78 is 13.4. The van der Waals surface area contributed by atoms with Gasteiger partial charge >= 0.3 is 0 Å². The van der Waals surface area contributed by atoms with Gasteiger partial charge in [0.1, 0.15) is 12.4 Å². The van der Waals surface area contributed by atoms with E-state index in [1.807, 2.05) is 6.07 Å². The summed E-state index contributed by atoms with van der Waals surface area (Å²) in [6.45, 7) is 0.695. The van der Waals surface area contributed by atoms with Crippen molar-refractivity contribution in [2.75, 3.05) is 27.2 Å². The first-order valence-corrected chi connectivity index (χ1v) is 10.1. The van der Waals surface area contributed by atoms with Crippen molar-refractivity contribution in [1.82, 2.24) is 15.5 Å². The number of guanidine groups is 1. The van der Waals surface area contributed by atoms with Crippen molar-refractivity contribution >= 4 is 11.9 Å². The summed E-state index contributed by atoms with van der Waals surface area (Å²) in [5.74, 6) is 0.346. The van der Waals surface area contributed by atoms with E-state index >= 15 is 0 Å². The molecule has 5 nitrogen and oxygen atoms in total. The summed E-state index contributed by atoms with van der Waals surface area (Å²) in [6, 6.07) is 15.4. The number of likely N-dealkylation sites (N-methyl/N-ethyl adjacent to an activating group) is 1. The van der Waals surface area contributed by atoms with E-state index < -0.39 is 0 Å². The molecule has 2 aromatic carbocycles. The Bertz CT molecular complexity index is 865. The Hall–Kier alpha value is -2.89. The van der Waals surface area contributed by atoms with Gasteiger partial charge < -0.3 is 15.5 Å². The number of hydrogen-bond donors (Lipinski definition) is 2. The minimum Gasteiger partial charge on any atom is -0.356 e. The quantitative estimate of drug-likeness (QED) is 0.583. The van der Waals surface area contributed by atoms with E-state index in [-0.39, 0.29) is 24.3 Å². The zero-order valence-electron chi connectivity index (χ0n) is 17.1. The minimum atomic E-state index is -0.230. The average molecular weight is 397 g/mol. The van der Waals surface area contributed by atoms with E-state index in [2.05, 4.69) is 39.9 Å². The molecular formula is C23H29FN4O. The molecule has 29 heavy (non-hydrogen) atoms. The molecule has 0 saturated carbocycles. The fourth-order valence-corrected chi connectivity index (χ4v) is 3.47. The van der Waals surface area contributed by atoms with Gasteiger partial charge in [0.2, 0.25) is 5.91 Å². The molecule has 1 unspecified atom stereocenters. The van der Waals surface area contributed by atoms with Crippen LogP contribution in [0.4, 0.5) is 4.39 Å². The van der Waals surface area contributed by atoms with Gasteiger partial charge in [-0.15, -0.1) is 0 Å². The third-order valence-corrected chi connectivity index (χ3v) is 5.15. The Morgan fingerprint density at radius 3 is 2.72 bits per heavy atom. The molecule has 0 aromatic heterocycles. The fourth-order valence-electron chi connectivity index (χ4n) is 3.47. The van der Waals surface area contributed by atoms with Crippen LogP contribution in [0.5, 0.6) is 0 Å². The number of hydrogen-bond acceptors (Lipinski definition) is 2. The number of nitrogens with one attached hydrogen (secondary N) is 2. The smallest absolute Gasteiger partial charge is 0.243 e. The molecule has 6 heteroatoms. The lowest BCUT2D eigenvalue weighted by atomic mass is 9.88. The number of amides is 1. The lowest BCUT2D eigenvalue weighted by Gasteiger charge is -2.27. The van der Waals surface area contributed by atoms with Gasteiger partial charge in [-0.2, -0.15) is 0 Å². The monoisotopic (exact) mass is 396 g/mol. The molecule has 1 amide bonds. The van der Waals surface area contributed by atoms with Crippen molar-refractivity contribution in [1.29, 1.82) is 0 Å². The molecule has 0 aliphatic heterocycles. The molecule has 2 aromatic rings. The van der Waals surface area contributed by atoms with E-state index in [4.69, 9.17) is 0 Å². The predicted octanol–water partition coefficient (Wildman–Crippen LogP) is 2.55. The van der Waals surface area contributed by atoms with E-state index in [9.17, 15) is 9.18 Å². The SMILES string of the molecule is CN(C)C(=O)CN=C(NCCc1cccc(F)c1)NC1CCc2ccccc2C1. The van der Waals surface area contributed by atoms with Gasteiger partial charge in [-0.3, -0.25) is 4.79 Å². The van der Waals surface area contributed by atoms with Gasteiger partial charge in [0, 0.05) is 26.7 Å². The number of benzene rings is 2. The number of carbonyl (C=O) groups is 1. The van der Waals surface area contributed by atoms with Crippen LogP contribution in [0.25, 0.3) is 0 Å². The molecule has 1 aliphatic carbocycles. The van der Waals surface area contributed by atoms with Gasteiger partial charge in [-0.1, -0.05) is 36.4 Å². The highest BCUT2D eigenvalue weighted by Crippen LogP contribution is 2.20. The summed E-state index contributed by atoms with van der Waals surface area (Å²) in [6.07, 6.45) is 3.65. The minimum absolute atomic E-state index is 0.0507. The summed E-state index contributed by atoms with van der Waals surface area (Å²) in [4.78, 5) is 18.0. The average Bonchev–Trinajstić information content (AvgIpc) is 2.71. The molecule has 1 aliphatic rings.